The van der Waals surface area contributed by atoms with Crippen LogP contribution >= 0.6 is 0 Å². The molecule has 1 saturated heterocycles. The minimum Gasteiger partial charge on any atom is -0.455 e. The van der Waals surface area contributed by atoms with Crippen LogP contribution in [-0.2, 0) is 28.6 Å². The summed E-state index contributed by atoms with van der Waals surface area (Å²) in [5, 5.41) is 9.06. The van der Waals surface area contributed by atoms with E-state index in [0.29, 0.717) is 57.0 Å². The molecule has 0 N–H and O–H groups in total. The van der Waals surface area contributed by atoms with Crippen molar-refractivity contribution >= 4 is 18.0 Å². The first kappa shape index (κ1) is 24.2. The molecule has 0 saturated carbocycles. The van der Waals surface area contributed by atoms with Crippen LogP contribution in [0.2, 0.25) is 0 Å². The molecule has 0 radical (unpaired) electrons. The van der Waals surface area contributed by atoms with Crippen molar-refractivity contribution in [1.29, 1.82) is 0 Å². The average molecular weight is 438 g/mol. The lowest BCUT2D eigenvalue weighted by molar-refractivity contribution is -0.154. The van der Waals surface area contributed by atoms with Crippen molar-refractivity contribution in [2.24, 2.45) is 10.5 Å². The van der Waals surface area contributed by atoms with Gasteiger partial charge in [-0.1, -0.05) is 13.3 Å². The maximum atomic E-state index is 12.1. The molecule has 0 spiro atoms. The molecule has 0 aromatic carbocycles. The quantitative estimate of drug-likeness (QED) is 0.233. The highest BCUT2D eigenvalue weighted by atomic mass is 16.7. The highest BCUT2D eigenvalue weighted by Gasteiger charge is 2.31. The van der Waals surface area contributed by atoms with Gasteiger partial charge in [0.05, 0.1) is 25.3 Å². The Balaban J connectivity index is 1.78. The molecule has 0 bridgehead atoms. The summed E-state index contributed by atoms with van der Waals surface area (Å²) in [6.07, 6.45) is 1.75. The van der Waals surface area contributed by atoms with Crippen molar-refractivity contribution in [2.75, 3.05) is 39.4 Å². The molecule has 1 fully saturated rings. The average Bonchev–Trinajstić information content (AvgIpc) is 3.13. The van der Waals surface area contributed by atoms with Gasteiger partial charge in [-0.25, -0.2) is 14.4 Å². The zero-order valence-electron chi connectivity index (χ0n) is 18.5. The van der Waals surface area contributed by atoms with Gasteiger partial charge in [0.25, 0.3) is 0 Å². The van der Waals surface area contributed by atoms with Crippen LogP contribution in [0.3, 0.4) is 0 Å². The van der Waals surface area contributed by atoms with E-state index >= 15 is 0 Å². The van der Waals surface area contributed by atoms with Crippen LogP contribution in [0.25, 0.3) is 0 Å². The van der Waals surface area contributed by atoms with Gasteiger partial charge < -0.3 is 23.9 Å². The van der Waals surface area contributed by atoms with E-state index in [2.05, 4.69) is 10.5 Å². The number of allylic oxidation sites excluding steroid dienone is 2. The number of rotatable bonds is 9. The first-order valence-corrected chi connectivity index (χ1v) is 10.4. The summed E-state index contributed by atoms with van der Waals surface area (Å²) < 4.78 is 15.6. The van der Waals surface area contributed by atoms with E-state index in [0.717, 1.165) is 5.57 Å². The Morgan fingerprint density at radius 2 is 1.90 bits per heavy atom. The van der Waals surface area contributed by atoms with E-state index in [1.807, 2.05) is 20.8 Å². The Morgan fingerprint density at radius 3 is 2.48 bits per heavy atom. The minimum absolute atomic E-state index is 0.312. The second-order valence-corrected chi connectivity index (χ2v) is 7.20. The molecular formula is C20H30N4O7. The topological polar surface area (TPSA) is 119 Å². The minimum atomic E-state index is -0.710. The van der Waals surface area contributed by atoms with E-state index in [1.165, 1.54) is 0 Å². The molecule has 1 atom stereocenters. The zero-order chi connectivity index (χ0) is 22.8. The molecule has 2 aliphatic heterocycles. The third kappa shape index (κ3) is 7.26. The smallest absolute Gasteiger partial charge is 0.409 e. The highest BCUT2D eigenvalue weighted by Crippen LogP contribution is 2.26. The number of esters is 2. The van der Waals surface area contributed by atoms with Gasteiger partial charge in [-0.15, -0.1) is 0 Å². The van der Waals surface area contributed by atoms with Gasteiger partial charge in [0.15, 0.2) is 0 Å². The number of piperazine rings is 1. The predicted octanol–water partition coefficient (Wildman–Crippen LogP) is 2.55. The van der Waals surface area contributed by atoms with E-state index in [9.17, 15) is 14.4 Å². The summed E-state index contributed by atoms with van der Waals surface area (Å²) in [6, 6.07) is 0. The molecule has 0 aromatic rings. The van der Waals surface area contributed by atoms with Crippen LogP contribution in [0, 0.1) is 0 Å². The van der Waals surface area contributed by atoms with Crippen molar-refractivity contribution in [1.82, 2.24) is 9.91 Å². The number of amides is 1. The Labute approximate surface area is 181 Å². The summed E-state index contributed by atoms with van der Waals surface area (Å²) >= 11 is 0. The zero-order valence-corrected chi connectivity index (χ0v) is 18.5. The Hall–Kier alpha value is -3.11. The molecule has 0 aromatic heterocycles. The second kappa shape index (κ2) is 11.9. The second-order valence-electron chi connectivity index (χ2n) is 7.20. The van der Waals surface area contributed by atoms with Crippen LogP contribution in [0.1, 0.15) is 40.5 Å². The van der Waals surface area contributed by atoms with Crippen LogP contribution in [0.5, 0.6) is 0 Å². The summed E-state index contributed by atoms with van der Waals surface area (Å²) in [5.74, 6) is -0.695. The number of nitrogens with zero attached hydrogens (tertiary/aromatic N) is 4. The van der Waals surface area contributed by atoms with E-state index in [-0.39, 0.29) is 6.09 Å². The van der Waals surface area contributed by atoms with Gasteiger partial charge in [0, 0.05) is 18.4 Å². The summed E-state index contributed by atoms with van der Waals surface area (Å²) in [6.45, 7) is 9.09. The molecule has 11 nitrogen and oxygen atoms in total. The molecule has 2 rings (SSSR count). The van der Waals surface area contributed by atoms with Gasteiger partial charge in [0.2, 0.25) is 6.61 Å². The van der Waals surface area contributed by atoms with E-state index < -0.39 is 24.6 Å². The lowest BCUT2D eigenvalue weighted by Gasteiger charge is -2.31. The van der Waals surface area contributed by atoms with Crippen molar-refractivity contribution in [3.8, 4) is 0 Å². The molecule has 2 aliphatic rings. The number of ether oxygens (including phenoxy) is 3. The predicted molar refractivity (Wildman–Crippen MR) is 108 cm³/mol. The highest BCUT2D eigenvalue weighted by molar-refractivity contribution is 5.94. The van der Waals surface area contributed by atoms with E-state index in [4.69, 9.17) is 19.0 Å². The lowest BCUT2D eigenvalue weighted by atomic mass is 10.1. The maximum Gasteiger partial charge on any atom is 0.409 e. The normalized spacial score (nSPS) is 17.4. The van der Waals surface area contributed by atoms with Gasteiger partial charge >= 0.3 is 18.0 Å². The summed E-state index contributed by atoms with van der Waals surface area (Å²) in [4.78, 5) is 42.4. The fraction of sp³-hybridized carbons (Fsp3) is 0.650. The van der Waals surface area contributed by atoms with Crippen LogP contribution < -0.4 is 0 Å². The molecule has 1 unspecified atom stereocenters. The molecule has 172 valence electrons. The monoisotopic (exact) mass is 438 g/mol. The number of hydrogen-bond donors (Lipinski definition) is 0. The molecular weight excluding hydrogens is 408 g/mol. The largest absolute Gasteiger partial charge is 0.455 e. The third-order valence-electron chi connectivity index (χ3n) is 4.57. The van der Waals surface area contributed by atoms with E-state index in [1.54, 1.807) is 22.9 Å². The SMILES string of the molecule is CCCC(OC(=O)CON=NN1CCN(C(=O)OCC)CC1)C1=CC(=C(C)C)OC1=O. The number of carbonyl (C=O) groups excluding carboxylic acids is 3. The summed E-state index contributed by atoms with van der Waals surface area (Å²) in [7, 11) is 0. The van der Waals surface area contributed by atoms with Gasteiger partial charge in [0.1, 0.15) is 11.9 Å². The fourth-order valence-corrected chi connectivity index (χ4v) is 2.93. The third-order valence-corrected chi connectivity index (χ3v) is 4.57. The van der Waals surface area contributed by atoms with Crippen molar-refractivity contribution in [2.45, 2.75) is 46.6 Å². The van der Waals surface area contributed by atoms with Gasteiger partial charge in [-0.2, -0.15) is 0 Å². The van der Waals surface area contributed by atoms with Gasteiger partial charge in [-0.3, -0.25) is 5.01 Å². The van der Waals surface area contributed by atoms with Crippen molar-refractivity contribution in [3.05, 3.63) is 23.0 Å². The van der Waals surface area contributed by atoms with Crippen molar-refractivity contribution < 1.29 is 33.4 Å². The number of carbonyl (C=O) groups is 3. The molecule has 2 heterocycles. The van der Waals surface area contributed by atoms with Crippen LogP contribution in [0.15, 0.2) is 33.5 Å². The maximum absolute atomic E-state index is 12.1. The molecule has 11 heteroatoms. The van der Waals surface area contributed by atoms with Crippen molar-refractivity contribution in [3.63, 3.8) is 0 Å². The first-order valence-electron chi connectivity index (χ1n) is 10.4. The molecule has 0 aliphatic carbocycles. The number of hydrogen-bond acceptors (Lipinski definition) is 9. The number of cyclic esters (lactones) is 1. The Bertz CT molecular complexity index is 751. The lowest BCUT2D eigenvalue weighted by Crippen LogP contribution is -2.46. The van der Waals surface area contributed by atoms with Gasteiger partial charge in [-0.05, 0) is 44.1 Å². The molecule has 1 amide bonds. The van der Waals surface area contributed by atoms with Crippen LogP contribution in [0.4, 0.5) is 4.79 Å². The fourth-order valence-electron chi connectivity index (χ4n) is 2.93. The standard InChI is InChI=1S/C20H30N4O7/c1-5-7-16(15-12-17(14(3)4)31-19(15)26)30-18(25)13-29-22-21-24-10-8-23(9-11-24)20(27)28-6-2/h12,16H,5-11,13H2,1-4H3. The molecule has 31 heavy (non-hydrogen) atoms. The first-order chi connectivity index (χ1) is 14.8. The van der Waals surface area contributed by atoms with Crippen LogP contribution in [-0.4, -0.2) is 73.4 Å². The summed E-state index contributed by atoms with van der Waals surface area (Å²) in [5.41, 5.74) is 1.17. The Kier molecular flexibility index (Phi) is 9.29. The Morgan fingerprint density at radius 1 is 1.19 bits per heavy atom.